The van der Waals surface area contributed by atoms with Crippen LogP contribution in [-0.2, 0) is 16.4 Å². The van der Waals surface area contributed by atoms with Crippen molar-refractivity contribution in [1.29, 1.82) is 0 Å². The first-order valence-electron chi connectivity index (χ1n) is 6.85. The molecule has 0 amide bonds. The third-order valence-electron chi connectivity index (χ3n) is 3.75. The van der Waals surface area contributed by atoms with Crippen LogP contribution in [0, 0.1) is 0 Å². The van der Waals surface area contributed by atoms with Gasteiger partial charge in [-0.2, -0.15) is 0 Å². The summed E-state index contributed by atoms with van der Waals surface area (Å²) >= 11 is 6.09. The van der Waals surface area contributed by atoms with Gasteiger partial charge in [0.2, 0.25) is 0 Å². The quantitative estimate of drug-likeness (QED) is 0.903. The highest BCUT2D eigenvalue weighted by atomic mass is 35.5. The number of halogens is 1. The van der Waals surface area contributed by atoms with E-state index in [1.165, 1.54) is 0 Å². The van der Waals surface area contributed by atoms with Gasteiger partial charge in [0.15, 0.2) is 9.84 Å². The molecule has 4 nitrogen and oxygen atoms in total. The molecule has 20 heavy (non-hydrogen) atoms. The minimum Gasteiger partial charge on any atom is -0.370 e. The second-order valence-electron chi connectivity index (χ2n) is 5.22. The predicted molar refractivity (Wildman–Crippen MR) is 84.3 cm³/mol. The summed E-state index contributed by atoms with van der Waals surface area (Å²) in [5.74, 6) is 0.516. The van der Waals surface area contributed by atoms with Gasteiger partial charge in [-0.3, -0.25) is 0 Å². The van der Waals surface area contributed by atoms with Crippen LogP contribution in [0.1, 0.15) is 18.9 Å². The first-order chi connectivity index (χ1) is 9.43. The zero-order chi connectivity index (χ0) is 14.8. The Kier molecular flexibility index (Phi) is 4.94. The van der Waals surface area contributed by atoms with E-state index in [-0.39, 0.29) is 17.5 Å². The molecule has 0 radical (unpaired) electrons. The van der Waals surface area contributed by atoms with Crippen LogP contribution >= 0.6 is 11.6 Å². The number of nitrogens with one attached hydrogen (secondary N) is 1. The molecule has 1 unspecified atom stereocenters. The van der Waals surface area contributed by atoms with Crippen molar-refractivity contribution in [3.8, 4) is 0 Å². The first-order valence-corrected chi connectivity index (χ1v) is 9.05. The number of hydrogen-bond donors (Lipinski definition) is 1. The lowest BCUT2D eigenvalue weighted by molar-refractivity contribution is 0.600. The van der Waals surface area contributed by atoms with Crippen LogP contribution in [0.25, 0.3) is 0 Å². The molecule has 2 rings (SSSR count). The van der Waals surface area contributed by atoms with E-state index < -0.39 is 9.84 Å². The molecule has 1 atom stereocenters. The molecule has 0 saturated carbocycles. The highest BCUT2D eigenvalue weighted by Crippen LogP contribution is 2.28. The topological polar surface area (TPSA) is 49.4 Å². The van der Waals surface area contributed by atoms with Crippen molar-refractivity contribution >= 4 is 27.1 Å². The zero-order valence-corrected chi connectivity index (χ0v) is 13.5. The molecule has 112 valence electrons. The minimum atomic E-state index is -2.88. The maximum Gasteiger partial charge on any atom is 0.152 e. The maximum absolute atomic E-state index is 11.6. The number of rotatable bonds is 5. The minimum absolute atomic E-state index is 0.0406. The molecule has 1 fully saturated rings. The fourth-order valence-corrected chi connectivity index (χ4v) is 4.49. The van der Waals surface area contributed by atoms with Crippen molar-refractivity contribution in [2.24, 2.45) is 0 Å². The van der Waals surface area contributed by atoms with E-state index in [4.69, 9.17) is 11.6 Å². The summed E-state index contributed by atoms with van der Waals surface area (Å²) in [6, 6.07) is 5.83. The fraction of sp³-hybridized carbons (Fsp3) is 0.571. The molecule has 1 aliphatic rings. The fourth-order valence-electron chi connectivity index (χ4n) is 2.55. The van der Waals surface area contributed by atoms with Gasteiger partial charge < -0.3 is 10.2 Å². The van der Waals surface area contributed by atoms with Crippen molar-refractivity contribution in [2.45, 2.75) is 25.9 Å². The van der Waals surface area contributed by atoms with Gasteiger partial charge in [0, 0.05) is 30.3 Å². The van der Waals surface area contributed by atoms with Crippen LogP contribution < -0.4 is 10.2 Å². The highest BCUT2D eigenvalue weighted by Gasteiger charge is 2.31. The van der Waals surface area contributed by atoms with Gasteiger partial charge in [-0.15, -0.1) is 0 Å². The summed E-state index contributed by atoms with van der Waals surface area (Å²) in [4.78, 5) is 2.06. The average molecular weight is 317 g/mol. The molecule has 0 bridgehead atoms. The Morgan fingerprint density at radius 2 is 2.20 bits per heavy atom. The Labute approximate surface area is 126 Å². The number of hydrogen-bond acceptors (Lipinski definition) is 4. The highest BCUT2D eigenvalue weighted by molar-refractivity contribution is 7.91. The second-order valence-corrected chi connectivity index (χ2v) is 7.89. The van der Waals surface area contributed by atoms with Gasteiger partial charge in [-0.25, -0.2) is 8.42 Å². The Bertz CT molecular complexity index is 575. The van der Waals surface area contributed by atoms with Crippen molar-refractivity contribution in [1.82, 2.24) is 5.32 Å². The van der Waals surface area contributed by atoms with E-state index >= 15 is 0 Å². The van der Waals surface area contributed by atoms with Crippen LogP contribution in [0.3, 0.4) is 0 Å². The van der Waals surface area contributed by atoms with Crippen LogP contribution in [0.5, 0.6) is 0 Å². The molecule has 6 heteroatoms. The Morgan fingerprint density at radius 3 is 2.80 bits per heavy atom. The monoisotopic (exact) mass is 316 g/mol. The molecular formula is C14H21ClN2O2S. The molecule has 0 aliphatic carbocycles. The molecule has 1 aromatic carbocycles. The van der Waals surface area contributed by atoms with Crippen molar-refractivity contribution in [3.05, 3.63) is 28.8 Å². The van der Waals surface area contributed by atoms with Crippen molar-refractivity contribution in [3.63, 3.8) is 0 Å². The summed E-state index contributed by atoms with van der Waals surface area (Å²) in [5, 5.41) is 3.97. The Hall–Kier alpha value is -0.780. The van der Waals surface area contributed by atoms with Gasteiger partial charge in [0.1, 0.15) is 0 Å². The molecule has 1 N–H and O–H groups in total. The second kappa shape index (κ2) is 6.33. The van der Waals surface area contributed by atoms with Gasteiger partial charge in [-0.05, 0) is 30.7 Å². The zero-order valence-electron chi connectivity index (χ0n) is 11.9. The van der Waals surface area contributed by atoms with E-state index in [1.807, 2.05) is 25.2 Å². The van der Waals surface area contributed by atoms with Crippen molar-refractivity contribution in [2.75, 3.05) is 30.0 Å². The lowest BCUT2D eigenvalue weighted by atomic mass is 10.1. The normalized spacial score (nSPS) is 21.1. The molecule has 0 aromatic heterocycles. The number of sulfone groups is 1. The molecule has 0 spiro atoms. The number of benzene rings is 1. The van der Waals surface area contributed by atoms with Crippen LogP contribution in [-0.4, -0.2) is 39.6 Å². The van der Waals surface area contributed by atoms with Crippen LogP contribution in [0.15, 0.2) is 18.2 Å². The van der Waals surface area contributed by atoms with E-state index in [1.54, 1.807) is 0 Å². The van der Waals surface area contributed by atoms with E-state index in [0.717, 1.165) is 24.3 Å². The van der Waals surface area contributed by atoms with Gasteiger partial charge >= 0.3 is 0 Å². The standard InChI is InChI=1S/C14H21ClN2O2S/c1-3-16-9-11-4-5-12(15)8-14(11)17(2)13-6-7-20(18,19)10-13/h4-5,8,13,16H,3,6-7,9-10H2,1-2H3. The molecule has 1 saturated heterocycles. The van der Waals surface area contributed by atoms with Crippen LogP contribution in [0.4, 0.5) is 5.69 Å². The predicted octanol–water partition coefficient (Wildman–Crippen LogP) is 2.07. The Morgan fingerprint density at radius 1 is 1.45 bits per heavy atom. The molecule has 1 heterocycles. The SMILES string of the molecule is CCNCc1ccc(Cl)cc1N(C)C1CCS(=O)(=O)C1. The average Bonchev–Trinajstić information content (AvgIpc) is 2.77. The van der Waals surface area contributed by atoms with E-state index in [0.29, 0.717) is 11.4 Å². The molecular weight excluding hydrogens is 296 g/mol. The van der Waals surface area contributed by atoms with Gasteiger partial charge in [-0.1, -0.05) is 24.6 Å². The number of anilines is 1. The first kappa shape index (κ1) is 15.6. The van der Waals surface area contributed by atoms with E-state index in [2.05, 4.69) is 17.1 Å². The summed E-state index contributed by atoms with van der Waals surface area (Å²) in [6.07, 6.45) is 0.687. The third kappa shape index (κ3) is 3.65. The van der Waals surface area contributed by atoms with Crippen LogP contribution in [0.2, 0.25) is 5.02 Å². The third-order valence-corrected chi connectivity index (χ3v) is 5.73. The summed E-state index contributed by atoms with van der Waals surface area (Å²) in [5.41, 5.74) is 2.16. The van der Waals surface area contributed by atoms with Gasteiger partial charge in [0.25, 0.3) is 0 Å². The lowest BCUT2D eigenvalue weighted by Crippen LogP contribution is -2.33. The summed E-state index contributed by atoms with van der Waals surface area (Å²) in [7, 11) is -0.928. The maximum atomic E-state index is 11.6. The summed E-state index contributed by atoms with van der Waals surface area (Å²) < 4.78 is 23.3. The smallest absolute Gasteiger partial charge is 0.152 e. The Balaban J connectivity index is 2.24. The largest absolute Gasteiger partial charge is 0.370 e. The van der Waals surface area contributed by atoms with Gasteiger partial charge in [0.05, 0.1) is 11.5 Å². The molecule has 1 aromatic rings. The van der Waals surface area contributed by atoms with E-state index in [9.17, 15) is 8.42 Å². The number of nitrogens with zero attached hydrogens (tertiary/aromatic N) is 1. The van der Waals surface area contributed by atoms with Crippen molar-refractivity contribution < 1.29 is 8.42 Å². The molecule has 1 aliphatic heterocycles. The summed E-state index contributed by atoms with van der Waals surface area (Å²) in [6.45, 7) is 3.71. The lowest BCUT2D eigenvalue weighted by Gasteiger charge is -2.28.